The van der Waals surface area contributed by atoms with Crippen LogP contribution in [0.25, 0.3) is 0 Å². The maximum absolute atomic E-state index is 11.3. The zero-order chi connectivity index (χ0) is 13.0. The van der Waals surface area contributed by atoms with Crippen molar-refractivity contribution in [1.82, 2.24) is 20.2 Å². The molecule has 2 aromatic heterocycles. The Morgan fingerprint density at radius 1 is 1.67 bits per heavy atom. The third-order valence-electron chi connectivity index (χ3n) is 2.20. The zero-order valence-electron chi connectivity index (χ0n) is 9.94. The van der Waals surface area contributed by atoms with Crippen LogP contribution in [-0.4, -0.2) is 38.5 Å². The van der Waals surface area contributed by atoms with Crippen LogP contribution in [0.3, 0.4) is 0 Å². The average molecular weight is 268 g/mol. The standard InChI is InChI=1S/C10H12N4O3S/c1-7(9(15)16-2)18-10-11-12-13-14(10)6-8-4-3-5-17-8/h3-5,7H,6H2,1-2H3. The van der Waals surface area contributed by atoms with Crippen LogP contribution in [0.15, 0.2) is 28.0 Å². The van der Waals surface area contributed by atoms with E-state index < -0.39 is 0 Å². The minimum atomic E-state index is -0.364. The highest BCUT2D eigenvalue weighted by Gasteiger charge is 2.19. The van der Waals surface area contributed by atoms with Gasteiger partial charge in [0, 0.05) is 0 Å². The number of tetrazole rings is 1. The van der Waals surface area contributed by atoms with E-state index in [-0.39, 0.29) is 11.2 Å². The lowest BCUT2D eigenvalue weighted by Crippen LogP contribution is -2.16. The van der Waals surface area contributed by atoms with Gasteiger partial charge in [-0.1, -0.05) is 11.8 Å². The van der Waals surface area contributed by atoms with Crippen molar-refractivity contribution in [3.63, 3.8) is 0 Å². The Kier molecular flexibility index (Phi) is 3.98. The van der Waals surface area contributed by atoms with Crippen molar-refractivity contribution >= 4 is 17.7 Å². The minimum absolute atomic E-state index is 0.312. The lowest BCUT2D eigenvalue weighted by atomic mass is 10.4. The maximum atomic E-state index is 11.3. The van der Waals surface area contributed by atoms with Crippen LogP contribution in [0.1, 0.15) is 12.7 Å². The molecule has 18 heavy (non-hydrogen) atoms. The molecule has 0 N–H and O–H groups in total. The highest BCUT2D eigenvalue weighted by molar-refractivity contribution is 8.00. The Bertz CT molecular complexity index is 511. The second kappa shape index (κ2) is 5.67. The van der Waals surface area contributed by atoms with Crippen molar-refractivity contribution in [2.24, 2.45) is 0 Å². The molecule has 1 unspecified atom stereocenters. The number of methoxy groups -OCH3 is 1. The SMILES string of the molecule is COC(=O)C(C)Sc1nnnn1Cc1ccco1. The van der Waals surface area contributed by atoms with Gasteiger partial charge in [-0.05, 0) is 29.5 Å². The van der Waals surface area contributed by atoms with Crippen molar-refractivity contribution in [1.29, 1.82) is 0 Å². The number of hydrogen-bond acceptors (Lipinski definition) is 7. The summed E-state index contributed by atoms with van der Waals surface area (Å²) in [6.07, 6.45) is 1.59. The summed E-state index contributed by atoms with van der Waals surface area (Å²) in [7, 11) is 1.35. The van der Waals surface area contributed by atoms with Crippen molar-refractivity contribution in [2.45, 2.75) is 23.9 Å². The van der Waals surface area contributed by atoms with Crippen LogP contribution < -0.4 is 0 Å². The van der Waals surface area contributed by atoms with E-state index in [2.05, 4.69) is 20.3 Å². The molecule has 0 fully saturated rings. The third kappa shape index (κ3) is 2.89. The van der Waals surface area contributed by atoms with Crippen molar-refractivity contribution in [3.8, 4) is 0 Å². The van der Waals surface area contributed by atoms with E-state index in [1.807, 2.05) is 6.07 Å². The Hall–Kier alpha value is -1.83. The number of hydrogen-bond donors (Lipinski definition) is 0. The summed E-state index contributed by atoms with van der Waals surface area (Å²) in [5, 5.41) is 11.5. The van der Waals surface area contributed by atoms with E-state index in [1.54, 1.807) is 23.9 Å². The van der Waals surface area contributed by atoms with Gasteiger partial charge in [0.25, 0.3) is 0 Å². The summed E-state index contributed by atoms with van der Waals surface area (Å²) in [5.74, 6) is 0.433. The molecule has 2 heterocycles. The van der Waals surface area contributed by atoms with Crippen LogP contribution in [0.5, 0.6) is 0 Å². The first-order valence-corrected chi connectivity index (χ1v) is 6.11. The summed E-state index contributed by atoms with van der Waals surface area (Å²) in [6.45, 7) is 2.17. The number of carbonyl (C=O) groups excluding carboxylic acids is 1. The van der Waals surface area contributed by atoms with Crippen molar-refractivity contribution in [2.75, 3.05) is 7.11 Å². The first-order valence-electron chi connectivity index (χ1n) is 5.23. The summed E-state index contributed by atoms with van der Waals surface area (Å²) >= 11 is 1.24. The van der Waals surface area contributed by atoms with E-state index in [0.717, 1.165) is 5.76 Å². The molecule has 0 aliphatic rings. The smallest absolute Gasteiger partial charge is 0.318 e. The highest BCUT2D eigenvalue weighted by Crippen LogP contribution is 2.21. The second-order valence-electron chi connectivity index (χ2n) is 3.48. The molecule has 0 aliphatic heterocycles. The fourth-order valence-corrected chi connectivity index (χ4v) is 2.12. The Balaban J connectivity index is 2.06. The van der Waals surface area contributed by atoms with Gasteiger partial charge in [0.15, 0.2) is 0 Å². The molecule has 8 heteroatoms. The minimum Gasteiger partial charge on any atom is -0.468 e. The molecule has 1 atom stereocenters. The molecule has 96 valence electrons. The molecular formula is C10H12N4O3S. The van der Waals surface area contributed by atoms with Gasteiger partial charge in [0.05, 0.1) is 13.4 Å². The number of rotatable bonds is 5. The zero-order valence-corrected chi connectivity index (χ0v) is 10.8. The van der Waals surface area contributed by atoms with Crippen LogP contribution in [-0.2, 0) is 16.1 Å². The fraction of sp³-hybridized carbons (Fsp3) is 0.400. The van der Waals surface area contributed by atoms with Gasteiger partial charge in [-0.25, -0.2) is 4.68 Å². The Morgan fingerprint density at radius 2 is 2.50 bits per heavy atom. The van der Waals surface area contributed by atoms with Gasteiger partial charge in [0.2, 0.25) is 5.16 Å². The lowest BCUT2D eigenvalue weighted by molar-refractivity contribution is -0.139. The highest BCUT2D eigenvalue weighted by atomic mass is 32.2. The van der Waals surface area contributed by atoms with E-state index >= 15 is 0 Å². The molecular weight excluding hydrogens is 256 g/mol. The topological polar surface area (TPSA) is 83.0 Å². The second-order valence-corrected chi connectivity index (χ2v) is 4.79. The summed E-state index contributed by atoms with van der Waals surface area (Å²) in [5.41, 5.74) is 0. The molecule has 0 spiro atoms. The predicted octanol–water partition coefficient (Wildman–Crippen LogP) is 0.968. The number of ether oxygens (including phenoxy) is 1. The predicted molar refractivity (Wildman–Crippen MR) is 63.0 cm³/mol. The van der Waals surface area contributed by atoms with Crippen LogP contribution in [0.4, 0.5) is 0 Å². The molecule has 0 saturated heterocycles. The van der Waals surface area contributed by atoms with Gasteiger partial charge in [-0.3, -0.25) is 4.79 Å². The monoisotopic (exact) mass is 268 g/mol. The maximum Gasteiger partial charge on any atom is 0.318 e. The Labute approximate surface area is 107 Å². The van der Waals surface area contributed by atoms with Gasteiger partial charge < -0.3 is 9.15 Å². The summed E-state index contributed by atoms with van der Waals surface area (Å²) in [6, 6.07) is 3.63. The average Bonchev–Trinajstić information content (AvgIpc) is 3.01. The molecule has 0 radical (unpaired) electrons. The van der Waals surface area contributed by atoms with Gasteiger partial charge in [0.1, 0.15) is 17.6 Å². The van der Waals surface area contributed by atoms with Crippen LogP contribution in [0.2, 0.25) is 0 Å². The first-order chi connectivity index (χ1) is 8.70. The van der Waals surface area contributed by atoms with E-state index in [4.69, 9.17) is 4.42 Å². The van der Waals surface area contributed by atoms with E-state index in [1.165, 1.54) is 18.9 Å². The molecule has 0 aromatic carbocycles. The van der Waals surface area contributed by atoms with Crippen LogP contribution >= 0.6 is 11.8 Å². The molecule has 2 rings (SSSR count). The largest absolute Gasteiger partial charge is 0.468 e. The van der Waals surface area contributed by atoms with Crippen molar-refractivity contribution in [3.05, 3.63) is 24.2 Å². The van der Waals surface area contributed by atoms with E-state index in [0.29, 0.717) is 11.7 Å². The first kappa shape index (κ1) is 12.6. The number of carbonyl (C=O) groups is 1. The number of aromatic nitrogens is 4. The van der Waals surface area contributed by atoms with Crippen molar-refractivity contribution < 1.29 is 13.9 Å². The van der Waals surface area contributed by atoms with Gasteiger partial charge in [-0.2, -0.15) is 0 Å². The quantitative estimate of drug-likeness (QED) is 0.590. The number of nitrogens with zero attached hydrogens (tertiary/aromatic N) is 4. The van der Waals surface area contributed by atoms with E-state index in [9.17, 15) is 4.79 Å². The molecule has 0 bridgehead atoms. The molecule has 0 saturated carbocycles. The summed E-state index contributed by atoms with van der Waals surface area (Å²) in [4.78, 5) is 11.3. The van der Waals surface area contributed by atoms with Crippen LogP contribution in [0, 0.1) is 0 Å². The molecule has 0 amide bonds. The lowest BCUT2D eigenvalue weighted by Gasteiger charge is -2.07. The third-order valence-corrected chi connectivity index (χ3v) is 3.25. The summed E-state index contributed by atoms with van der Waals surface area (Å²) < 4.78 is 11.4. The number of esters is 1. The molecule has 7 nitrogen and oxygen atoms in total. The Morgan fingerprint density at radius 3 is 3.17 bits per heavy atom. The fourth-order valence-electron chi connectivity index (χ4n) is 1.30. The number of furan rings is 1. The normalized spacial score (nSPS) is 12.3. The number of thioether (sulfide) groups is 1. The molecule has 0 aliphatic carbocycles. The van der Waals surface area contributed by atoms with Gasteiger partial charge in [-0.15, -0.1) is 5.10 Å². The molecule has 2 aromatic rings. The van der Waals surface area contributed by atoms with Gasteiger partial charge >= 0.3 is 5.97 Å².